The van der Waals surface area contributed by atoms with Gasteiger partial charge in [0.2, 0.25) is 0 Å². The van der Waals surface area contributed by atoms with Gasteiger partial charge in [0.25, 0.3) is 0 Å². The fourth-order valence-corrected chi connectivity index (χ4v) is 7.68. The van der Waals surface area contributed by atoms with Gasteiger partial charge in [-0.2, -0.15) is 0 Å². The normalized spacial score (nSPS) is 11.4. The first-order valence-electron chi connectivity index (χ1n) is 17.9. The number of hydrogen-bond acceptors (Lipinski definition) is 4. The number of para-hydroxylation sites is 3. The van der Waals surface area contributed by atoms with E-state index in [9.17, 15) is 0 Å². The van der Waals surface area contributed by atoms with Crippen LogP contribution in [0.5, 0.6) is 0 Å². The molecule has 250 valence electrons. The minimum Gasteiger partial charge on any atom is -0.455 e. The minimum absolute atomic E-state index is 0.896. The first-order valence-corrected chi connectivity index (χ1v) is 17.9. The zero-order chi connectivity index (χ0) is 35.1. The molecule has 0 spiro atoms. The van der Waals surface area contributed by atoms with Gasteiger partial charge in [0.05, 0.1) is 0 Å². The van der Waals surface area contributed by atoms with Crippen LogP contribution in [0.1, 0.15) is 0 Å². The van der Waals surface area contributed by atoms with Crippen LogP contribution in [0.2, 0.25) is 0 Å². The van der Waals surface area contributed by atoms with Gasteiger partial charge in [0.15, 0.2) is 0 Å². The molecule has 53 heavy (non-hydrogen) atoms. The second-order valence-corrected chi connectivity index (χ2v) is 13.2. The molecule has 0 saturated heterocycles. The Labute approximate surface area is 307 Å². The molecule has 0 N–H and O–H groups in total. The molecule has 10 rings (SSSR count). The molecule has 0 aliphatic rings. The van der Waals surface area contributed by atoms with Gasteiger partial charge in [-0.15, -0.1) is 0 Å². The van der Waals surface area contributed by atoms with Crippen molar-refractivity contribution in [3.63, 3.8) is 0 Å². The number of nitrogens with zero attached hydrogens (tertiary/aromatic N) is 3. The Bertz CT molecular complexity index is 2830. The van der Waals surface area contributed by atoms with E-state index in [0.717, 1.165) is 78.0 Å². The lowest BCUT2D eigenvalue weighted by Gasteiger charge is -2.26. The topological polar surface area (TPSA) is 32.5 Å². The maximum absolute atomic E-state index is 6.54. The number of anilines is 6. The Kier molecular flexibility index (Phi) is 7.43. The molecule has 0 bridgehead atoms. The third kappa shape index (κ3) is 5.36. The van der Waals surface area contributed by atoms with E-state index >= 15 is 0 Å². The van der Waals surface area contributed by atoms with Gasteiger partial charge >= 0.3 is 0 Å². The van der Waals surface area contributed by atoms with E-state index in [2.05, 4.69) is 197 Å². The second-order valence-electron chi connectivity index (χ2n) is 13.2. The molecule has 0 amide bonds. The summed E-state index contributed by atoms with van der Waals surface area (Å²) < 4.78 is 6.54. The third-order valence-corrected chi connectivity index (χ3v) is 10.1. The molecule has 0 aliphatic carbocycles. The van der Waals surface area contributed by atoms with Crippen LogP contribution >= 0.6 is 0 Å². The average molecular weight is 680 g/mol. The maximum atomic E-state index is 6.54. The molecular formula is C49H33N3O. The van der Waals surface area contributed by atoms with Crippen LogP contribution in [0.15, 0.2) is 205 Å². The van der Waals surface area contributed by atoms with Gasteiger partial charge in [-0.05, 0) is 106 Å². The van der Waals surface area contributed by atoms with E-state index in [0.29, 0.717) is 0 Å². The van der Waals surface area contributed by atoms with E-state index < -0.39 is 0 Å². The number of hydrogen-bond donors (Lipinski definition) is 0. The predicted molar refractivity (Wildman–Crippen MR) is 221 cm³/mol. The van der Waals surface area contributed by atoms with Gasteiger partial charge in [-0.3, -0.25) is 4.98 Å². The molecule has 2 aromatic heterocycles. The van der Waals surface area contributed by atoms with E-state index in [1.165, 1.54) is 10.8 Å². The SMILES string of the molecule is c1ccc(N(c2ccccc2)c2ccc(-c3ccc(N(c4ccncc4)c4ccc5c6ccccc6c6oc7ccccc7c6c5c4)cc3)cc2)cc1. The van der Waals surface area contributed by atoms with Crippen LogP contribution in [0.4, 0.5) is 34.1 Å². The molecule has 0 atom stereocenters. The highest BCUT2D eigenvalue weighted by Crippen LogP contribution is 2.44. The van der Waals surface area contributed by atoms with Crippen LogP contribution in [0, 0.1) is 0 Å². The molecule has 0 radical (unpaired) electrons. The van der Waals surface area contributed by atoms with Crippen molar-refractivity contribution >= 4 is 77.6 Å². The summed E-state index contributed by atoms with van der Waals surface area (Å²) in [6.07, 6.45) is 3.70. The first kappa shape index (κ1) is 30.6. The molecule has 4 heteroatoms. The van der Waals surface area contributed by atoms with Crippen molar-refractivity contribution in [2.45, 2.75) is 0 Å². The van der Waals surface area contributed by atoms with Crippen molar-refractivity contribution in [3.8, 4) is 11.1 Å². The molecule has 0 aliphatic heterocycles. The van der Waals surface area contributed by atoms with Crippen LogP contribution in [-0.4, -0.2) is 4.98 Å². The highest BCUT2D eigenvalue weighted by molar-refractivity contribution is 6.30. The summed E-state index contributed by atoms with van der Waals surface area (Å²) in [7, 11) is 0. The van der Waals surface area contributed by atoms with Crippen molar-refractivity contribution in [1.29, 1.82) is 0 Å². The second kappa shape index (κ2) is 12.9. The Hall–Kier alpha value is -7.17. The molecule has 8 aromatic carbocycles. The van der Waals surface area contributed by atoms with E-state index in [1.54, 1.807) is 0 Å². The smallest absolute Gasteiger partial charge is 0.143 e. The summed E-state index contributed by atoms with van der Waals surface area (Å²) in [5, 5.41) is 6.94. The number of fused-ring (bicyclic) bond motifs is 8. The Morgan fingerprint density at radius 3 is 1.42 bits per heavy atom. The molecular weight excluding hydrogens is 647 g/mol. The van der Waals surface area contributed by atoms with Gasteiger partial charge in [-0.25, -0.2) is 0 Å². The average Bonchev–Trinajstić information content (AvgIpc) is 3.63. The van der Waals surface area contributed by atoms with E-state index in [-0.39, 0.29) is 0 Å². The van der Waals surface area contributed by atoms with Crippen molar-refractivity contribution in [1.82, 2.24) is 4.98 Å². The van der Waals surface area contributed by atoms with Crippen molar-refractivity contribution in [3.05, 3.63) is 200 Å². The lowest BCUT2D eigenvalue weighted by atomic mass is 9.96. The van der Waals surface area contributed by atoms with Gasteiger partial charge in [0.1, 0.15) is 11.2 Å². The predicted octanol–water partition coefficient (Wildman–Crippen LogP) is 13.9. The number of pyridine rings is 1. The van der Waals surface area contributed by atoms with Gasteiger partial charge < -0.3 is 14.2 Å². The summed E-state index contributed by atoms with van der Waals surface area (Å²) in [5.41, 5.74) is 10.6. The minimum atomic E-state index is 0.896. The van der Waals surface area contributed by atoms with Gasteiger partial charge in [-0.1, -0.05) is 109 Å². The first-order chi connectivity index (χ1) is 26.3. The summed E-state index contributed by atoms with van der Waals surface area (Å²) >= 11 is 0. The van der Waals surface area contributed by atoms with Crippen LogP contribution in [-0.2, 0) is 0 Å². The Morgan fingerprint density at radius 1 is 0.340 bits per heavy atom. The maximum Gasteiger partial charge on any atom is 0.143 e. The Morgan fingerprint density at radius 2 is 0.792 bits per heavy atom. The molecule has 2 heterocycles. The zero-order valence-corrected chi connectivity index (χ0v) is 28.8. The number of benzene rings is 8. The highest BCUT2D eigenvalue weighted by Gasteiger charge is 2.19. The fraction of sp³-hybridized carbons (Fsp3) is 0. The van der Waals surface area contributed by atoms with E-state index in [4.69, 9.17) is 4.42 Å². The quantitative estimate of drug-likeness (QED) is 0.157. The summed E-state index contributed by atoms with van der Waals surface area (Å²) in [6, 6.07) is 66.4. The van der Waals surface area contributed by atoms with Gasteiger partial charge in [0, 0.05) is 62.7 Å². The molecule has 0 unspecified atom stereocenters. The third-order valence-electron chi connectivity index (χ3n) is 10.1. The van der Waals surface area contributed by atoms with Crippen molar-refractivity contribution < 1.29 is 4.42 Å². The number of rotatable bonds is 7. The summed E-state index contributed by atoms with van der Waals surface area (Å²) in [6.45, 7) is 0. The number of aromatic nitrogens is 1. The van der Waals surface area contributed by atoms with Crippen LogP contribution in [0.25, 0.3) is 54.6 Å². The molecule has 4 nitrogen and oxygen atoms in total. The fourth-order valence-electron chi connectivity index (χ4n) is 7.68. The molecule has 0 saturated carbocycles. The Balaban J connectivity index is 1.06. The van der Waals surface area contributed by atoms with Crippen molar-refractivity contribution in [2.24, 2.45) is 0 Å². The number of furan rings is 1. The lowest BCUT2D eigenvalue weighted by Crippen LogP contribution is -2.10. The summed E-state index contributed by atoms with van der Waals surface area (Å²) in [5.74, 6) is 0. The molecule has 10 aromatic rings. The zero-order valence-electron chi connectivity index (χ0n) is 28.8. The van der Waals surface area contributed by atoms with Crippen LogP contribution < -0.4 is 9.80 Å². The highest BCUT2D eigenvalue weighted by atomic mass is 16.3. The standard InChI is InChI=1S/C49H33N3O/c1-3-11-36(12-4-1)51(37-13-5-2-6-14-37)38-23-19-34(20-24-38)35-21-25-39(26-22-35)52(40-29-31-50-32-30-40)41-27-28-43-42-15-7-8-16-44(42)49-48(46(43)33-41)45-17-9-10-18-47(45)53-49/h1-33H. The largest absolute Gasteiger partial charge is 0.455 e. The van der Waals surface area contributed by atoms with Crippen LogP contribution in [0.3, 0.4) is 0 Å². The van der Waals surface area contributed by atoms with Crippen molar-refractivity contribution in [2.75, 3.05) is 9.80 Å². The van der Waals surface area contributed by atoms with E-state index in [1.807, 2.05) is 18.5 Å². The summed E-state index contributed by atoms with van der Waals surface area (Å²) in [4.78, 5) is 8.92. The molecule has 0 fully saturated rings. The monoisotopic (exact) mass is 679 g/mol. The lowest BCUT2D eigenvalue weighted by molar-refractivity contribution is 0.673.